The van der Waals surface area contributed by atoms with Crippen LogP contribution in [0.25, 0.3) is 5.65 Å². The average Bonchev–Trinajstić information content (AvgIpc) is 3.22. The fourth-order valence-electron chi connectivity index (χ4n) is 3.31. The Balaban J connectivity index is 1.83. The highest BCUT2D eigenvalue weighted by molar-refractivity contribution is 5.62. The Morgan fingerprint density at radius 2 is 2.04 bits per heavy atom. The molecule has 1 saturated heterocycles. The number of anilines is 1. The lowest BCUT2D eigenvalue weighted by molar-refractivity contribution is -0.383. The third kappa shape index (κ3) is 2.54. The van der Waals surface area contributed by atoms with Crippen LogP contribution in [0.15, 0.2) is 30.6 Å². The molecule has 1 aromatic carbocycles. The maximum absolute atomic E-state index is 14.5. The van der Waals surface area contributed by atoms with Gasteiger partial charge in [0.25, 0.3) is 0 Å². The lowest BCUT2D eigenvalue weighted by atomic mass is 10.0. The Morgan fingerprint density at radius 3 is 2.81 bits per heavy atom. The van der Waals surface area contributed by atoms with Crippen LogP contribution >= 0.6 is 0 Å². The van der Waals surface area contributed by atoms with E-state index in [1.807, 2.05) is 0 Å². The van der Waals surface area contributed by atoms with Gasteiger partial charge in [-0.2, -0.15) is 5.10 Å². The molecule has 1 atom stereocenters. The first-order chi connectivity index (χ1) is 12.5. The quantitative estimate of drug-likeness (QED) is 0.527. The monoisotopic (exact) mass is 363 g/mol. The van der Waals surface area contributed by atoms with E-state index in [9.17, 15) is 23.3 Å². The third-order valence-corrected chi connectivity index (χ3v) is 4.45. The number of rotatable bonds is 3. The number of hydrogen-bond acceptors (Lipinski definition) is 5. The van der Waals surface area contributed by atoms with Crippen molar-refractivity contribution in [2.75, 3.05) is 11.4 Å². The molecule has 4 rings (SSSR count). The fourth-order valence-corrected chi connectivity index (χ4v) is 3.31. The summed E-state index contributed by atoms with van der Waals surface area (Å²) in [4.78, 5) is 16.0. The first-order valence-electron chi connectivity index (χ1n) is 7.85. The molecule has 1 aliphatic rings. The van der Waals surface area contributed by atoms with Crippen molar-refractivity contribution in [2.45, 2.75) is 18.9 Å². The summed E-state index contributed by atoms with van der Waals surface area (Å²) in [5.41, 5.74) is -0.373. The number of nitro groups is 1. The van der Waals surface area contributed by atoms with Crippen LogP contribution in [0, 0.1) is 27.6 Å². The van der Waals surface area contributed by atoms with Gasteiger partial charge < -0.3 is 4.90 Å². The minimum Gasteiger partial charge on any atom is -0.347 e. The minimum absolute atomic E-state index is 0.103. The summed E-state index contributed by atoms with van der Waals surface area (Å²) < 4.78 is 43.3. The molecule has 0 unspecified atom stereocenters. The molecule has 3 heterocycles. The zero-order valence-corrected chi connectivity index (χ0v) is 13.3. The van der Waals surface area contributed by atoms with Gasteiger partial charge in [0.05, 0.1) is 17.2 Å². The van der Waals surface area contributed by atoms with Gasteiger partial charge in [-0.3, -0.25) is 10.1 Å². The van der Waals surface area contributed by atoms with Gasteiger partial charge >= 0.3 is 5.69 Å². The van der Waals surface area contributed by atoms with Crippen LogP contribution < -0.4 is 4.90 Å². The Kier molecular flexibility index (Phi) is 3.74. The summed E-state index contributed by atoms with van der Waals surface area (Å²) in [6.07, 6.45) is 3.07. The Labute approximate surface area is 144 Å². The van der Waals surface area contributed by atoms with Gasteiger partial charge in [0, 0.05) is 12.1 Å². The third-order valence-electron chi connectivity index (χ3n) is 4.45. The molecule has 1 aliphatic heterocycles. The van der Waals surface area contributed by atoms with Gasteiger partial charge in [-0.05, 0) is 31.0 Å². The largest absolute Gasteiger partial charge is 0.347 e. The molecule has 3 aromatic rings. The van der Waals surface area contributed by atoms with Crippen LogP contribution in [0.4, 0.5) is 24.7 Å². The summed E-state index contributed by atoms with van der Waals surface area (Å²) in [5.74, 6) is -2.09. The SMILES string of the molecule is O=[N+]([O-])c1cnn2cc(F)c(N3CCC[C@@H]3c3cc(F)ccc3F)nc12. The predicted octanol–water partition coefficient (Wildman–Crippen LogP) is 3.40. The second-order valence-electron chi connectivity index (χ2n) is 5.98. The molecule has 2 aromatic heterocycles. The van der Waals surface area contributed by atoms with E-state index < -0.39 is 28.4 Å². The number of halogens is 3. The summed E-state index contributed by atoms with van der Waals surface area (Å²) in [6, 6.07) is 2.50. The first-order valence-corrected chi connectivity index (χ1v) is 7.85. The van der Waals surface area contributed by atoms with Crippen molar-refractivity contribution in [1.29, 1.82) is 0 Å². The van der Waals surface area contributed by atoms with E-state index in [-0.39, 0.29) is 22.7 Å². The number of fused-ring (bicyclic) bond motifs is 1. The van der Waals surface area contributed by atoms with Gasteiger partial charge in [0.1, 0.15) is 17.8 Å². The standard InChI is InChI=1S/C16H12F3N5O2/c17-9-3-4-11(18)10(6-9)13-2-1-5-22(13)15-12(19)8-23-16(21-15)14(7-20-23)24(25)26/h3-4,6-8,13H,1-2,5H2/t13-/m1/s1. The normalized spacial score (nSPS) is 17.2. The van der Waals surface area contributed by atoms with E-state index in [1.54, 1.807) is 0 Å². The van der Waals surface area contributed by atoms with Crippen molar-refractivity contribution >= 4 is 17.2 Å². The van der Waals surface area contributed by atoms with Gasteiger partial charge in [-0.1, -0.05) is 0 Å². The second-order valence-corrected chi connectivity index (χ2v) is 5.98. The van der Waals surface area contributed by atoms with Crippen molar-refractivity contribution in [3.05, 3.63) is 63.7 Å². The Hall–Kier alpha value is -3.17. The molecule has 0 saturated carbocycles. The molecule has 7 nitrogen and oxygen atoms in total. The molecule has 0 aliphatic carbocycles. The van der Waals surface area contributed by atoms with E-state index in [1.165, 1.54) is 4.90 Å². The summed E-state index contributed by atoms with van der Waals surface area (Å²) in [6.45, 7) is 0.364. The Bertz CT molecular complexity index is 1020. The van der Waals surface area contributed by atoms with Crippen LogP contribution in [0.3, 0.4) is 0 Å². The van der Waals surface area contributed by atoms with E-state index in [2.05, 4.69) is 10.1 Å². The lowest BCUT2D eigenvalue weighted by Gasteiger charge is -2.26. The topological polar surface area (TPSA) is 76.6 Å². The van der Waals surface area contributed by atoms with Gasteiger partial charge in [0.15, 0.2) is 11.6 Å². The first kappa shape index (κ1) is 16.3. The zero-order valence-electron chi connectivity index (χ0n) is 13.3. The van der Waals surface area contributed by atoms with E-state index in [0.29, 0.717) is 19.4 Å². The van der Waals surface area contributed by atoms with Crippen molar-refractivity contribution in [3.8, 4) is 0 Å². The fraction of sp³-hybridized carbons (Fsp3) is 0.250. The van der Waals surface area contributed by atoms with Gasteiger partial charge in [-0.25, -0.2) is 22.7 Å². The van der Waals surface area contributed by atoms with Crippen LogP contribution in [-0.2, 0) is 0 Å². The summed E-state index contributed by atoms with van der Waals surface area (Å²) >= 11 is 0. The van der Waals surface area contributed by atoms with E-state index >= 15 is 0 Å². The molecule has 26 heavy (non-hydrogen) atoms. The van der Waals surface area contributed by atoms with Crippen LogP contribution in [0.5, 0.6) is 0 Å². The minimum atomic E-state index is -0.751. The molecular formula is C16H12F3N5O2. The Morgan fingerprint density at radius 1 is 1.23 bits per heavy atom. The van der Waals surface area contributed by atoms with Crippen molar-refractivity contribution < 1.29 is 18.1 Å². The van der Waals surface area contributed by atoms with Crippen LogP contribution in [0.2, 0.25) is 0 Å². The smallest absolute Gasteiger partial charge is 0.333 e. The number of benzene rings is 1. The average molecular weight is 363 g/mol. The van der Waals surface area contributed by atoms with Gasteiger partial charge in [0.2, 0.25) is 5.65 Å². The van der Waals surface area contributed by atoms with E-state index in [0.717, 1.165) is 35.1 Å². The van der Waals surface area contributed by atoms with Crippen molar-refractivity contribution in [1.82, 2.24) is 14.6 Å². The molecule has 0 spiro atoms. The maximum atomic E-state index is 14.5. The van der Waals surface area contributed by atoms with Crippen molar-refractivity contribution in [3.63, 3.8) is 0 Å². The molecule has 1 fully saturated rings. The zero-order chi connectivity index (χ0) is 18.4. The molecule has 134 valence electrons. The molecule has 10 heteroatoms. The highest BCUT2D eigenvalue weighted by Gasteiger charge is 2.32. The van der Waals surface area contributed by atoms with Crippen molar-refractivity contribution in [2.24, 2.45) is 0 Å². The van der Waals surface area contributed by atoms with Crippen LogP contribution in [-0.4, -0.2) is 26.1 Å². The highest BCUT2D eigenvalue weighted by atomic mass is 19.1. The maximum Gasteiger partial charge on any atom is 0.333 e. The molecule has 0 amide bonds. The summed E-state index contributed by atoms with van der Waals surface area (Å²) in [5, 5.41) is 14.8. The van der Waals surface area contributed by atoms with E-state index in [4.69, 9.17) is 0 Å². The number of hydrogen-bond donors (Lipinski definition) is 0. The molecule has 0 radical (unpaired) electrons. The summed E-state index contributed by atoms with van der Waals surface area (Å²) in [7, 11) is 0. The second kappa shape index (κ2) is 5.97. The molecule has 0 bridgehead atoms. The van der Waals surface area contributed by atoms with Crippen LogP contribution in [0.1, 0.15) is 24.4 Å². The highest BCUT2D eigenvalue weighted by Crippen LogP contribution is 2.38. The van der Waals surface area contributed by atoms with Gasteiger partial charge in [-0.15, -0.1) is 0 Å². The lowest BCUT2D eigenvalue weighted by Crippen LogP contribution is -2.26. The predicted molar refractivity (Wildman–Crippen MR) is 85.3 cm³/mol. The number of nitrogens with zero attached hydrogens (tertiary/aromatic N) is 5. The molecule has 0 N–H and O–H groups in total. The molecular weight excluding hydrogens is 351 g/mol. The number of aromatic nitrogens is 3.